The number of anilines is 1. The Morgan fingerprint density at radius 1 is 1.50 bits per heavy atom. The third-order valence-electron chi connectivity index (χ3n) is 3.00. The molecule has 1 heterocycles. The smallest absolute Gasteiger partial charge is 0.0722 e. The minimum absolute atomic E-state index is 0.0958. The van der Waals surface area contributed by atoms with Gasteiger partial charge in [0.15, 0.2) is 0 Å². The van der Waals surface area contributed by atoms with E-state index < -0.39 is 0 Å². The van der Waals surface area contributed by atoms with Gasteiger partial charge in [-0.3, -0.25) is 0 Å². The molecule has 0 radical (unpaired) electrons. The quantitative estimate of drug-likeness (QED) is 0.827. The van der Waals surface area contributed by atoms with Crippen molar-refractivity contribution in [2.75, 3.05) is 24.6 Å². The van der Waals surface area contributed by atoms with Crippen molar-refractivity contribution in [1.82, 2.24) is 0 Å². The number of benzene rings is 1. The number of hydrogen-bond donors (Lipinski definition) is 1. The fraction of sp³-hybridized carbons (Fsp3) is 0.538. The van der Waals surface area contributed by atoms with Gasteiger partial charge in [-0.1, -0.05) is 12.1 Å². The number of nitrogens with two attached hydrogens (primary N) is 1. The van der Waals surface area contributed by atoms with Gasteiger partial charge in [0.05, 0.1) is 12.7 Å². The highest BCUT2D eigenvalue weighted by Crippen LogP contribution is 2.21. The van der Waals surface area contributed by atoms with E-state index in [1.807, 2.05) is 6.92 Å². The first kappa shape index (κ1) is 11.4. The van der Waals surface area contributed by atoms with Crippen molar-refractivity contribution < 1.29 is 4.74 Å². The van der Waals surface area contributed by atoms with Gasteiger partial charge in [0.2, 0.25) is 0 Å². The Bertz CT molecular complexity index is 352. The summed E-state index contributed by atoms with van der Waals surface area (Å²) in [5.41, 5.74) is 8.34. The topological polar surface area (TPSA) is 38.5 Å². The zero-order valence-electron chi connectivity index (χ0n) is 10.0. The molecule has 88 valence electrons. The lowest BCUT2D eigenvalue weighted by Crippen LogP contribution is -2.41. The lowest BCUT2D eigenvalue weighted by Gasteiger charge is -2.33. The number of nitrogens with zero attached hydrogens (tertiary/aromatic N) is 1. The first-order chi connectivity index (χ1) is 7.66. The summed E-state index contributed by atoms with van der Waals surface area (Å²) >= 11 is 0. The fourth-order valence-electron chi connectivity index (χ4n) is 2.06. The first-order valence-electron chi connectivity index (χ1n) is 5.89. The van der Waals surface area contributed by atoms with E-state index in [0.29, 0.717) is 6.10 Å². The summed E-state index contributed by atoms with van der Waals surface area (Å²) in [4.78, 5) is 2.36. The van der Waals surface area contributed by atoms with E-state index in [9.17, 15) is 0 Å². The molecule has 1 aromatic carbocycles. The van der Waals surface area contributed by atoms with Crippen LogP contribution in [-0.4, -0.2) is 25.8 Å². The Morgan fingerprint density at radius 3 is 3.00 bits per heavy atom. The summed E-state index contributed by atoms with van der Waals surface area (Å²) in [5, 5.41) is 0. The molecule has 0 amide bonds. The van der Waals surface area contributed by atoms with Gasteiger partial charge in [-0.25, -0.2) is 0 Å². The van der Waals surface area contributed by atoms with E-state index in [2.05, 4.69) is 36.1 Å². The second kappa shape index (κ2) is 4.85. The van der Waals surface area contributed by atoms with Crippen LogP contribution in [0.2, 0.25) is 0 Å². The molecule has 1 unspecified atom stereocenters. The Hall–Kier alpha value is -1.06. The molecule has 1 aliphatic rings. The van der Waals surface area contributed by atoms with Crippen molar-refractivity contribution in [1.29, 1.82) is 0 Å². The second-order valence-electron chi connectivity index (χ2n) is 4.51. The lowest BCUT2D eigenvalue weighted by molar-refractivity contribution is 0.0532. The van der Waals surface area contributed by atoms with Crippen molar-refractivity contribution in [2.45, 2.75) is 26.0 Å². The first-order valence-corrected chi connectivity index (χ1v) is 5.89. The van der Waals surface area contributed by atoms with Crippen LogP contribution in [-0.2, 0) is 4.74 Å². The number of rotatable bonds is 2. The maximum Gasteiger partial charge on any atom is 0.0722 e. The number of ether oxygens (including phenoxy) is 1. The molecule has 2 atom stereocenters. The van der Waals surface area contributed by atoms with Crippen LogP contribution < -0.4 is 10.6 Å². The standard InChI is InChI=1S/C13H20N2O/c1-10-9-15(6-7-16-10)13-5-3-4-12(8-13)11(2)14/h3-5,8,10-11H,6-7,9,14H2,1-2H3/t10?,11-/m0/s1. The average molecular weight is 220 g/mol. The highest BCUT2D eigenvalue weighted by molar-refractivity contribution is 5.49. The lowest BCUT2D eigenvalue weighted by atomic mass is 10.1. The molecule has 3 nitrogen and oxygen atoms in total. The average Bonchev–Trinajstić information content (AvgIpc) is 2.29. The van der Waals surface area contributed by atoms with Gasteiger partial charge in [-0.15, -0.1) is 0 Å². The largest absolute Gasteiger partial charge is 0.375 e. The van der Waals surface area contributed by atoms with Gasteiger partial charge in [-0.2, -0.15) is 0 Å². The Kier molecular flexibility index (Phi) is 3.46. The summed E-state index contributed by atoms with van der Waals surface area (Å²) in [6.45, 7) is 6.86. The van der Waals surface area contributed by atoms with Gasteiger partial charge in [0, 0.05) is 24.8 Å². The highest BCUT2D eigenvalue weighted by atomic mass is 16.5. The van der Waals surface area contributed by atoms with Gasteiger partial charge in [0.1, 0.15) is 0 Å². The SMILES string of the molecule is CC1CN(c2cccc([C@H](C)N)c2)CCO1. The predicted octanol–water partition coefficient (Wildman–Crippen LogP) is 1.93. The summed E-state index contributed by atoms with van der Waals surface area (Å²) in [6, 6.07) is 8.58. The van der Waals surface area contributed by atoms with E-state index in [1.54, 1.807) is 0 Å². The minimum Gasteiger partial charge on any atom is -0.375 e. The van der Waals surface area contributed by atoms with Crippen LogP contribution in [0.4, 0.5) is 5.69 Å². The zero-order chi connectivity index (χ0) is 11.5. The third kappa shape index (κ3) is 2.54. The molecule has 1 aliphatic heterocycles. The molecule has 0 aliphatic carbocycles. The maximum absolute atomic E-state index is 5.90. The number of hydrogen-bond acceptors (Lipinski definition) is 3. The van der Waals surface area contributed by atoms with Crippen LogP contribution in [0, 0.1) is 0 Å². The number of morpholine rings is 1. The van der Waals surface area contributed by atoms with Gasteiger partial charge in [0.25, 0.3) is 0 Å². The summed E-state index contributed by atoms with van der Waals surface area (Å²) in [7, 11) is 0. The van der Waals surface area contributed by atoms with Crippen molar-refractivity contribution in [2.24, 2.45) is 5.73 Å². The Morgan fingerprint density at radius 2 is 2.31 bits per heavy atom. The zero-order valence-corrected chi connectivity index (χ0v) is 10.0. The van der Waals surface area contributed by atoms with E-state index in [1.165, 1.54) is 11.3 Å². The van der Waals surface area contributed by atoms with Crippen LogP contribution in [0.25, 0.3) is 0 Å². The van der Waals surface area contributed by atoms with E-state index in [0.717, 1.165) is 19.7 Å². The Labute approximate surface area is 97.2 Å². The van der Waals surface area contributed by atoms with E-state index in [-0.39, 0.29) is 6.04 Å². The second-order valence-corrected chi connectivity index (χ2v) is 4.51. The highest BCUT2D eigenvalue weighted by Gasteiger charge is 2.17. The molecule has 2 rings (SSSR count). The molecular formula is C13H20N2O. The summed E-state index contributed by atoms with van der Waals surface area (Å²) in [5.74, 6) is 0. The maximum atomic E-state index is 5.90. The van der Waals surface area contributed by atoms with Gasteiger partial charge >= 0.3 is 0 Å². The van der Waals surface area contributed by atoms with Gasteiger partial charge < -0.3 is 15.4 Å². The Balaban J connectivity index is 2.16. The van der Waals surface area contributed by atoms with Crippen LogP contribution in [0.3, 0.4) is 0 Å². The molecule has 3 heteroatoms. The van der Waals surface area contributed by atoms with Crippen molar-refractivity contribution in [3.05, 3.63) is 29.8 Å². The molecule has 1 aromatic rings. The summed E-state index contributed by atoms with van der Waals surface area (Å²) in [6.07, 6.45) is 0.313. The van der Waals surface area contributed by atoms with Crippen LogP contribution in [0.15, 0.2) is 24.3 Å². The molecule has 2 N–H and O–H groups in total. The molecule has 1 fully saturated rings. The van der Waals surface area contributed by atoms with Gasteiger partial charge in [-0.05, 0) is 31.5 Å². The molecule has 0 bridgehead atoms. The molecular weight excluding hydrogens is 200 g/mol. The fourth-order valence-corrected chi connectivity index (χ4v) is 2.06. The molecule has 16 heavy (non-hydrogen) atoms. The molecule has 1 saturated heterocycles. The molecule has 0 spiro atoms. The molecule has 0 aromatic heterocycles. The van der Waals surface area contributed by atoms with E-state index in [4.69, 9.17) is 10.5 Å². The normalized spacial score (nSPS) is 23.2. The van der Waals surface area contributed by atoms with Crippen molar-refractivity contribution in [3.8, 4) is 0 Å². The van der Waals surface area contributed by atoms with E-state index >= 15 is 0 Å². The molecule has 0 saturated carbocycles. The monoisotopic (exact) mass is 220 g/mol. The van der Waals surface area contributed by atoms with Crippen molar-refractivity contribution in [3.63, 3.8) is 0 Å². The van der Waals surface area contributed by atoms with Crippen LogP contribution >= 0.6 is 0 Å². The third-order valence-corrected chi connectivity index (χ3v) is 3.00. The van der Waals surface area contributed by atoms with Crippen molar-refractivity contribution >= 4 is 5.69 Å². The minimum atomic E-state index is 0.0958. The predicted molar refractivity (Wildman–Crippen MR) is 66.7 cm³/mol. The van der Waals surface area contributed by atoms with Crippen LogP contribution in [0.1, 0.15) is 25.5 Å². The van der Waals surface area contributed by atoms with Crippen LogP contribution in [0.5, 0.6) is 0 Å². The summed E-state index contributed by atoms with van der Waals surface area (Å²) < 4.78 is 5.54.